The van der Waals surface area contributed by atoms with Crippen LogP contribution < -0.4 is 5.32 Å². The van der Waals surface area contributed by atoms with Crippen LogP contribution in [0.2, 0.25) is 0 Å². The van der Waals surface area contributed by atoms with Gasteiger partial charge in [-0.05, 0) is 36.1 Å². The van der Waals surface area contributed by atoms with Crippen LogP contribution in [0.4, 0.5) is 0 Å². The van der Waals surface area contributed by atoms with Crippen LogP contribution in [0.3, 0.4) is 0 Å². The van der Waals surface area contributed by atoms with Crippen molar-refractivity contribution in [2.45, 2.75) is 45.1 Å². The molecule has 0 saturated carbocycles. The van der Waals surface area contributed by atoms with Crippen molar-refractivity contribution in [3.63, 3.8) is 0 Å². The normalized spacial score (nSPS) is 18.0. The molecular formula is C18H24N2O3. The topological polar surface area (TPSA) is 74.3 Å². The van der Waals surface area contributed by atoms with Gasteiger partial charge in [-0.2, -0.15) is 0 Å². The maximum atomic E-state index is 11.7. The third kappa shape index (κ3) is 2.70. The first-order valence-corrected chi connectivity index (χ1v) is 8.00. The average Bonchev–Trinajstić information content (AvgIpc) is 2.85. The average molecular weight is 316 g/mol. The number of methoxy groups -OCH3 is 1. The van der Waals surface area contributed by atoms with Gasteiger partial charge in [-0.25, -0.2) is 0 Å². The molecule has 1 atom stereocenters. The predicted molar refractivity (Wildman–Crippen MR) is 89.7 cm³/mol. The van der Waals surface area contributed by atoms with Crippen LogP contribution in [0.1, 0.15) is 50.1 Å². The molecule has 0 fully saturated rings. The summed E-state index contributed by atoms with van der Waals surface area (Å²) < 4.78 is 4.81. The zero-order valence-corrected chi connectivity index (χ0v) is 14.1. The third-order valence-electron chi connectivity index (χ3n) is 4.54. The molecule has 2 aromatic rings. The van der Waals surface area contributed by atoms with Gasteiger partial charge in [0.05, 0.1) is 19.6 Å². The molecule has 5 nitrogen and oxygen atoms in total. The van der Waals surface area contributed by atoms with E-state index < -0.39 is 0 Å². The van der Waals surface area contributed by atoms with Crippen LogP contribution in [0.5, 0.6) is 5.75 Å². The number of carbonyl (C=O) groups excluding carboxylic acids is 1. The quantitative estimate of drug-likeness (QED) is 0.745. The van der Waals surface area contributed by atoms with Crippen molar-refractivity contribution < 1.29 is 14.6 Å². The molecule has 0 spiro atoms. The monoisotopic (exact) mass is 316 g/mol. The number of ether oxygens (including phenoxy) is 1. The Hall–Kier alpha value is -2.01. The zero-order valence-electron chi connectivity index (χ0n) is 14.1. The summed E-state index contributed by atoms with van der Waals surface area (Å²) in [6.07, 6.45) is 1.17. The number of carbonyl (C=O) groups is 1. The summed E-state index contributed by atoms with van der Waals surface area (Å²) in [4.78, 5) is 15.1. The Morgan fingerprint density at radius 1 is 1.39 bits per heavy atom. The van der Waals surface area contributed by atoms with E-state index in [1.807, 2.05) is 6.07 Å². The molecule has 1 aliphatic heterocycles. The number of nitrogens with one attached hydrogen (secondary N) is 2. The Morgan fingerprint density at radius 3 is 2.78 bits per heavy atom. The number of phenols is 1. The minimum atomic E-state index is -0.229. The lowest BCUT2D eigenvalue weighted by Gasteiger charge is -2.25. The molecule has 0 aliphatic carbocycles. The molecule has 124 valence electrons. The molecule has 0 bridgehead atoms. The van der Waals surface area contributed by atoms with Crippen molar-refractivity contribution in [2.75, 3.05) is 13.7 Å². The number of esters is 1. The fraction of sp³-hybridized carbons (Fsp3) is 0.500. The summed E-state index contributed by atoms with van der Waals surface area (Å²) in [6.45, 7) is 7.12. The highest BCUT2D eigenvalue weighted by Gasteiger charge is 2.30. The van der Waals surface area contributed by atoms with E-state index in [0.717, 1.165) is 35.1 Å². The van der Waals surface area contributed by atoms with Crippen LogP contribution in [0.25, 0.3) is 10.9 Å². The highest BCUT2D eigenvalue weighted by Crippen LogP contribution is 2.41. The van der Waals surface area contributed by atoms with E-state index in [4.69, 9.17) is 4.74 Å². The lowest BCUT2D eigenvalue weighted by molar-refractivity contribution is -0.141. The van der Waals surface area contributed by atoms with Gasteiger partial charge in [0, 0.05) is 22.2 Å². The smallest absolute Gasteiger partial charge is 0.307 e. The summed E-state index contributed by atoms with van der Waals surface area (Å²) in [6, 6.07) is 3.58. The highest BCUT2D eigenvalue weighted by atomic mass is 16.5. The van der Waals surface area contributed by atoms with Crippen LogP contribution in [-0.2, 0) is 21.4 Å². The Morgan fingerprint density at radius 2 is 2.13 bits per heavy atom. The summed E-state index contributed by atoms with van der Waals surface area (Å²) >= 11 is 0. The van der Waals surface area contributed by atoms with E-state index in [9.17, 15) is 9.90 Å². The van der Waals surface area contributed by atoms with Crippen molar-refractivity contribution in [3.8, 4) is 5.75 Å². The van der Waals surface area contributed by atoms with E-state index in [1.165, 1.54) is 12.7 Å². The van der Waals surface area contributed by atoms with Crippen LogP contribution >= 0.6 is 0 Å². The van der Waals surface area contributed by atoms with Crippen LogP contribution in [0, 0.1) is 0 Å². The Labute approximate surface area is 136 Å². The van der Waals surface area contributed by atoms with Gasteiger partial charge in [-0.3, -0.25) is 4.79 Å². The molecule has 3 rings (SSSR count). The Kier molecular flexibility index (Phi) is 3.84. The number of phenolic OH excluding ortho intramolecular Hbond substituents is 1. The van der Waals surface area contributed by atoms with E-state index >= 15 is 0 Å². The number of hydrogen-bond donors (Lipinski definition) is 3. The lowest BCUT2D eigenvalue weighted by Crippen LogP contribution is -2.31. The SMILES string of the molecule is COC(=O)CC1NCCc2c1[nH]c1ccc(O)c(C(C)(C)C)c21. The molecule has 23 heavy (non-hydrogen) atoms. The zero-order chi connectivity index (χ0) is 16.8. The number of aromatic amines is 1. The van der Waals surface area contributed by atoms with Crippen molar-refractivity contribution in [1.82, 2.24) is 10.3 Å². The summed E-state index contributed by atoms with van der Waals surface area (Å²) in [5, 5.41) is 14.9. The first-order valence-electron chi connectivity index (χ1n) is 8.00. The number of hydrogen-bond acceptors (Lipinski definition) is 4. The number of benzene rings is 1. The molecule has 1 aromatic heterocycles. The fourth-order valence-corrected chi connectivity index (χ4v) is 3.58. The minimum absolute atomic E-state index is 0.0754. The van der Waals surface area contributed by atoms with Crippen molar-refractivity contribution in [3.05, 3.63) is 29.0 Å². The molecule has 0 saturated heterocycles. The van der Waals surface area contributed by atoms with Gasteiger partial charge in [-0.15, -0.1) is 0 Å². The predicted octanol–water partition coefficient (Wildman–Crippen LogP) is 2.92. The Bertz CT molecular complexity index is 756. The van der Waals surface area contributed by atoms with Gasteiger partial charge in [0.25, 0.3) is 0 Å². The van der Waals surface area contributed by atoms with Crippen LogP contribution in [0.15, 0.2) is 12.1 Å². The number of aromatic nitrogens is 1. The number of aromatic hydroxyl groups is 1. The van der Waals surface area contributed by atoms with E-state index in [2.05, 4.69) is 31.1 Å². The van der Waals surface area contributed by atoms with Gasteiger partial charge in [0.15, 0.2) is 0 Å². The largest absolute Gasteiger partial charge is 0.508 e. The maximum absolute atomic E-state index is 11.7. The van der Waals surface area contributed by atoms with Crippen molar-refractivity contribution >= 4 is 16.9 Å². The number of fused-ring (bicyclic) bond motifs is 3. The Balaban J connectivity index is 2.19. The van der Waals surface area contributed by atoms with E-state index in [1.54, 1.807) is 6.07 Å². The van der Waals surface area contributed by atoms with Crippen molar-refractivity contribution in [1.29, 1.82) is 0 Å². The lowest BCUT2D eigenvalue weighted by atomic mass is 9.82. The van der Waals surface area contributed by atoms with Crippen LogP contribution in [-0.4, -0.2) is 29.7 Å². The summed E-state index contributed by atoms with van der Waals surface area (Å²) in [5.74, 6) is 0.0998. The van der Waals surface area contributed by atoms with Crippen molar-refractivity contribution in [2.24, 2.45) is 0 Å². The molecule has 5 heteroatoms. The standard InChI is InChI=1S/C18H24N2O3/c1-18(2,3)16-13(21)6-5-11-15(16)10-7-8-19-12(17(10)20-11)9-14(22)23-4/h5-6,12,19-21H,7-9H2,1-4H3. The highest BCUT2D eigenvalue weighted by molar-refractivity contribution is 5.91. The number of H-pyrrole nitrogens is 1. The molecule has 0 radical (unpaired) electrons. The molecule has 1 unspecified atom stereocenters. The van der Waals surface area contributed by atoms with E-state index in [-0.39, 0.29) is 17.4 Å². The molecule has 2 heterocycles. The molecule has 1 aliphatic rings. The number of rotatable bonds is 2. The molecule has 0 amide bonds. The van der Waals surface area contributed by atoms with Gasteiger partial charge in [-0.1, -0.05) is 20.8 Å². The second kappa shape index (κ2) is 5.57. The maximum Gasteiger partial charge on any atom is 0.307 e. The summed E-state index contributed by atoms with van der Waals surface area (Å²) in [5.41, 5.74) is 4.05. The van der Waals surface area contributed by atoms with Gasteiger partial charge < -0.3 is 20.1 Å². The third-order valence-corrected chi connectivity index (χ3v) is 4.54. The van der Waals surface area contributed by atoms with Gasteiger partial charge in [0.2, 0.25) is 0 Å². The molecule has 1 aromatic carbocycles. The van der Waals surface area contributed by atoms with Gasteiger partial charge in [0.1, 0.15) is 5.75 Å². The second-order valence-corrected chi connectivity index (χ2v) is 7.19. The molecular weight excluding hydrogens is 292 g/mol. The summed E-state index contributed by atoms with van der Waals surface area (Å²) in [7, 11) is 1.41. The fourth-order valence-electron chi connectivity index (χ4n) is 3.58. The first kappa shape index (κ1) is 15.9. The molecule has 3 N–H and O–H groups in total. The van der Waals surface area contributed by atoms with Gasteiger partial charge >= 0.3 is 5.97 Å². The second-order valence-electron chi connectivity index (χ2n) is 7.19. The minimum Gasteiger partial charge on any atom is -0.508 e. The first-order chi connectivity index (χ1) is 10.8. The van der Waals surface area contributed by atoms with E-state index in [0.29, 0.717) is 12.2 Å².